The Morgan fingerprint density at radius 3 is 1.12 bits per heavy atom. The summed E-state index contributed by atoms with van der Waals surface area (Å²) >= 11 is 3.68. The van der Waals surface area contributed by atoms with Crippen LogP contribution in [0.1, 0.15) is 224 Å². The lowest BCUT2D eigenvalue weighted by Gasteiger charge is -2.08. The van der Waals surface area contributed by atoms with E-state index in [9.17, 15) is 0 Å². The number of aryl methyl sites for hydroxylation is 2. The summed E-state index contributed by atoms with van der Waals surface area (Å²) in [6, 6.07) is 8.95. The Balaban J connectivity index is 1.50. The third-order valence-electron chi connectivity index (χ3n) is 10.3. The third-order valence-corrected chi connectivity index (χ3v) is 10.7. The van der Waals surface area contributed by atoms with E-state index in [0.29, 0.717) is 0 Å². The molecule has 0 unspecified atom stereocenters. The highest BCUT2D eigenvalue weighted by atomic mass is 79.9. The summed E-state index contributed by atoms with van der Waals surface area (Å²) in [6.45, 7) is 4.60. The second-order valence-electron chi connectivity index (χ2n) is 15.0. The highest BCUT2D eigenvalue weighted by molar-refractivity contribution is 9.10. The lowest BCUT2D eigenvalue weighted by atomic mass is 10.0. The van der Waals surface area contributed by atoms with Crippen molar-refractivity contribution in [3.05, 3.63) is 46.2 Å². The summed E-state index contributed by atoms with van der Waals surface area (Å²) in [5, 5.41) is 0. The maximum atomic E-state index is 4.80. The predicted octanol–water partition coefficient (Wildman–Crippen LogP) is 16.1. The smallest absolute Gasteiger partial charge is 0.107 e. The Morgan fingerprint density at radius 1 is 0.396 bits per heavy atom. The maximum absolute atomic E-state index is 4.80. The molecule has 0 spiro atoms. The molecule has 274 valence electrons. The normalized spacial score (nSPS) is 11.5. The van der Waals surface area contributed by atoms with E-state index in [2.05, 4.69) is 54.0 Å². The average molecular weight is 726 g/mol. The highest BCUT2D eigenvalue weighted by Crippen LogP contribution is 2.23. The molecule has 2 aromatic heterocycles. The molecule has 0 aromatic carbocycles. The summed E-state index contributed by atoms with van der Waals surface area (Å²) in [6.07, 6.45) is 48.1. The van der Waals surface area contributed by atoms with E-state index >= 15 is 0 Å². The van der Waals surface area contributed by atoms with Gasteiger partial charge in [-0.25, -0.2) is 4.98 Å². The minimum absolute atomic E-state index is 0.931. The summed E-state index contributed by atoms with van der Waals surface area (Å²) in [7, 11) is 0. The largest absolute Gasteiger partial charge is 0.255 e. The van der Waals surface area contributed by atoms with E-state index in [-0.39, 0.29) is 0 Å². The van der Waals surface area contributed by atoms with Gasteiger partial charge in [0.05, 0.1) is 11.4 Å². The van der Waals surface area contributed by atoms with Crippen LogP contribution in [-0.4, -0.2) is 9.97 Å². The molecular weight excluding hydrogens is 648 g/mol. The fraction of sp³-hybridized carbons (Fsp3) is 0.778. The van der Waals surface area contributed by atoms with Crippen molar-refractivity contribution >= 4 is 15.9 Å². The minimum Gasteiger partial charge on any atom is -0.255 e. The first-order valence-electron chi connectivity index (χ1n) is 21.3. The van der Waals surface area contributed by atoms with E-state index in [1.165, 1.54) is 210 Å². The Morgan fingerprint density at radius 2 is 0.729 bits per heavy atom. The number of hydrogen-bond donors (Lipinski definition) is 0. The van der Waals surface area contributed by atoms with E-state index in [0.717, 1.165) is 28.8 Å². The molecule has 0 aliphatic rings. The van der Waals surface area contributed by atoms with Gasteiger partial charge < -0.3 is 0 Å². The number of rotatable bonds is 34. The zero-order valence-electron chi connectivity index (χ0n) is 32.0. The Labute approximate surface area is 308 Å². The molecule has 3 heteroatoms. The van der Waals surface area contributed by atoms with Crippen LogP contribution in [0.5, 0.6) is 0 Å². The van der Waals surface area contributed by atoms with Crippen LogP contribution in [0.2, 0.25) is 0 Å². The molecule has 0 amide bonds. The molecule has 2 nitrogen and oxygen atoms in total. The van der Waals surface area contributed by atoms with Crippen molar-refractivity contribution in [2.75, 3.05) is 0 Å². The van der Waals surface area contributed by atoms with Gasteiger partial charge in [0.1, 0.15) is 4.60 Å². The predicted molar refractivity (Wildman–Crippen MR) is 217 cm³/mol. The van der Waals surface area contributed by atoms with Crippen LogP contribution in [0, 0.1) is 0 Å². The number of aromatic nitrogens is 2. The van der Waals surface area contributed by atoms with Gasteiger partial charge in [0.15, 0.2) is 0 Å². The first kappa shape index (κ1) is 42.9. The molecule has 0 aliphatic carbocycles. The van der Waals surface area contributed by atoms with Gasteiger partial charge >= 0.3 is 0 Å². The number of nitrogens with zero attached hydrogens (tertiary/aromatic N) is 2. The summed E-state index contributed by atoms with van der Waals surface area (Å²) in [4.78, 5) is 9.51. The topological polar surface area (TPSA) is 25.8 Å². The first-order chi connectivity index (χ1) is 23.7. The Hall–Kier alpha value is -1.22. The lowest BCUT2D eigenvalue weighted by Crippen LogP contribution is -1.95. The molecular formula is C45H77BrN2. The van der Waals surface area contributed by atoms with E-state index in [1.807, 2.05) is 6.20 Å². The maximum Gasteiger partial charge on any atom is 0.107 e. The molecule has 0 saturated carbocycles. The van der Waals surface area contributed by atoms with Gasteiger partial charge in [0.2, 0.25) is 0 Å². The van der Waals surface area contributed by atoms with Gasteiger partial charge in [-0.15, -0.1) is 0 Å². The monoisotopic (exact) mass is 725 g/mol. The van der Waals surface area contributed by atoms with E-state index in [1.54, 1.807) is 0 Å². The fourth-order valence-electron chi connectivity index (χ4n) is 7.17. The van der Waals surface area contributed by atoms with Crippen molar-refractivity contribution in [2.24, 2.45) is 0 Å². The third kappa shape index (κ3) is 24.0. The first-order valence-corrected chi connectivity index (χ1v) is 22.1. The fourth-order valence-corrected chi connectivity index (χ4v) is 7.66. The quantitative estimate of drug-likeness (QED) is 0.0530. The van der Waals surface area contributed by atoms with Crippen LogP contribution in [0.15, 0.2) is 35.1 Å². The molecule has 0 saturated heterocycles. The Bertz CT molecular complexity index is 989. The Kier molecular flexibility index (Phi) is 28.4. The van der Waals surface area contributed by atoms with Crippen LogP contribution in [0.3, 0.4) is 0 Å². The van der Waals surface area contributed by atoms with Gasteiger partial charge in [-0.05, 0) is 77.0 Å². The van der Waals surface area contributed by atoms with Gasteiger partial charge in [0.25, 0.3) is 0 Å². The van der Waals surface area contributed by atoms with Crippen LogP contribution >= 0.6 is 15.9 Å². The van der Waals surface area contributed by atoms with Crippen molar-refractivity contribution in [3.63, 3.8) is 0 Å². The molecule has 2 rings (SSSR count). The van der Waals surface area contributed by atoms with Gasteiger partial charge in [0, 0.05) is 6.20 Å². The van der Waals surface area contributed by atoms with Gasteiger partial charge in [-0.2, -0.15) is 0 Å². The van der Waals surface area contributed by atoms with Gasteiger partial charge in [-0.1, -0.05) is 200 Å². The van der Waals surface area contributed by atoms with Crippen LogP contribution in [-0.2, 0) is 12.8 Å². The van der Waals surface area contributed by atoms with Crippen molar-refractivity contribution in [1.82, 2.24) is 9.97 Å². The number of hydrogen-bond acceptors (Lipinski definition) is 2. The number of halogens is 1. The van der Waals surface area contributed by atoms with Crippen LogP contribution in [0.25, 0.3) is 11.4 Å². The zero-order valence-corrected chi connectivity index (χ0v) is 33.6. The SMILES string of the molecule is CCCCCCCCCCCCCCCCCCCc1ccnc(-c2cc(CCCCCCCCCCCCCCCC)cc(Br)n2)c1. The second kappa shape index (κ2) is 31.7. The standard InChI is InChI=1S/C45H77BrN2/c1-3-5-7-9-11-13-15-17-19-20-21-23-24-26-28-30-32-34-41-36-37-47-43(38-41)44-39-42(40-45(46)48-44)35-33-31-29-27-25-22-18-16-14-12-10-8-6-4-2/h36-40H,3-35H2,1-2H3. The molecule has 2 aromatic rings. The van der Waals surface area contributed by atoms with E-state index in [4.69, 9.17) is 9.97 Å². The molecule has 0 atom stereocenters. The molecule has 48 heavy (non-hydrogen) atoms. The summed E-state index contributed by atoms with van der Waals surface area (Å²) in [5.74, 6) is 0. The van der Waals surface area contributed by atoms with Crippen molar-refractivity contribution in [3.8, 4) is 11.4 Å². The van der Waals surface area contributed by atoms with Crippen molar-refractivity contribution in [2.45, 2.75) is 226 Å². The molecule has 0 N–H and O–H groups in total. The zero-order chi connectivity index (χ0) is 34.2. The van der Waals surface area contributed by atoms with Crippen molar-refractivity contribution < 1.29 is 0 Å². The molecule has 0 radical (unpaired) electrons. The summed E-state index contributed by atoms with van der Waals surface area (Å²) < 4.78 is 0.931. The number of unbranched alkanes of at least 4 members (excludes halogenated alkanes) is 29. The second-order valence-corrected chi connectivity index (χ2v) is 15.8. The molecule has 0 bridgehead atoms. The van der Waals surface area contributed by atoms with Gasteiger partial charge in [-0.3, -0.25) is 4.98 Å². The lowest BCUT2D eigenvalue weighted by molar-refractivity contribution is 0.527. The average Bonchev–Trinajstić information content (AvgIpc) is 3.09. The number of pyridine rings is 2. The summed E-state index contributed by atoms with van der Waals surface area (Å²) in [5.41, 5.74) is 4.81. The highest BCUT2D eigenvalue weighted by Gasteiger charge is 2.07. The molecule has 0 fully saturated rings. The van der Waals surface area contributed by atoms with Crippen molar-refractivity contribution in [1.29, 1.82) is 0 Å². The van der Waals surface area contributed by atoms with E-state index < -0.39 is 0 Å². The molecule has 2 heterocycles. The van der Waals surface area contributed by atoms with Crippen LogP contribution in [0.4, 0.5) is 0 Å². The minimum atomic E-state index is 0.931. The van der Waals surface area contributed by atoms with Crippen LogP contribution < -0.4 is 0 Å². The molecule has 0 aliphatic heterocycles.